The van der Waals surface area contributed by atoms with Gasteiger partial charge in [-0.3, -0.25) is 4.79 Å². The predicted octanol–water partition coefficient (Wildman–Crippen LogP) is 6.46. The van der Waals surface area contributed by atoms with E-state index in [2.05, 4.69) is 72.4 Å². The van der Waals surface area contributed by atoms with Gasteiger partial charge in [-0.1, -0.05) is 60.2 Å². The van der Waals surface area contributed by atoms with Crippen LogP contribution in [-0.2, 0) is 0 Å². The first kappa shape index (κ1) is 19.7. The van der Waals surface area contributed by atoms with Crippen molar-refractivity contribution in [1.29, 1.82) is 0 Å². The smallest absolute Gasteiger partial charge is 0.188 e. The number of carbonyl (C=O) groups excluding carboxylic acids is 1. The number of carbonyl (C=O) groups is 1. The van der Waals surface area contributed by atoms with Gasteiger partial charge in [0, 0.05) is 11.8 Å². The fourth-order valence-corrected chi connectivity index (χ4v) is 5.07. The molecule has 3 aromatic carbocycles. The maximum Gasteiger partial charge on any atom is 0.188 e. The highest BCUT2D eigenvalue weighted by atomic mass is 16.1. The number of aromatic nitrogens is 3. The third-order valence-corrected chi connectivity index (χ3v) is 6.94. The average Bonchev–Trinajstić information content (AvgIpc) is 3.44. The predicted molar refractivity (Wildman–Crippen MR) is 132 cm³/mol. The number of aryl methyl sites for hydroxylation is 3. The first-order valence-electron chi connectivity index (χ1n) is 11.3. The summed E-state index contributed by atoms with van der Waals surface area (Å²) in [6.07, 6.45) is 2.02. The Bertz CT molecular complexity index is 1510. The minimum absolute atomic E-state index is 0.106. The lowest BCUT2D eigenvalue weighted by atomic mass is 9.89. The summed E-state index contributed by atoms with van der Waals surface area (Å²) >= 11 is 0. The van der Waals surface area contributed by atoms with E-state index < -0.39 is 6.04 Å². The van der Waals surface area contributed by atoms with Gasteiger partial charge in [-0.25, -0.2) is 4.98 Å². The lowest BCUT2D eigenvalue weighted by Crippen LogP contribution is -2.34. The number of hydrogen-bond acceptors (Lipinski definition) is 2. The fraction of sp³-hybridized carbons (Fsp3) is 0.172. The van der Waals surface area contributed by atoms with Crippen molar-refractivity contribution in [3.8, 4) is 11.5 Å². The molecule has 2 atom stereocenters. The Kier molecular flexibility index (Phi) is 4.37. The topological polar surface area (TPSA) is 39.8 Å². The summed E-state index contributed by atoms with van der Waals surface area (Å²) in [6, 6.07) is 26.0. The van der Waals surface area contributed by atoms with Crippen molar-refractivity contribution in [3.63, 3.8) is 0 Å². The molecule has 0 aliphatic carbocycles. The quantitative estimate of drug-likeness (QED) is 0.308. The molecule has 0 N–H and O–H groups in total. The molecule has 0 radical (unpaired) electrons. The van der Waals surface area contributed by atoms with Gasteiger partial charge >= 0.3 is 0 Å². The van der Waals surface area contributed by atoms with Gasteiger partial charge in [0.15, 0.2) is 11.6 Å². The second kappa shape index (κ2) is 7.31. The van der Waals surface area contributed by atoms with E-state index in [4.69, 9.17) is 4.98 Å². The van der Waals surface area contributed by atoms with Gasteiger partial charge in [-0.05, 0) is 61.7 Å². The van der Waals surface area contributed by atoms with Crippen molar-refractivity contribution >= 4 is 16.8 Å². The summed E-state index contributed by atoms with van der Waals surface area (Å²) in [5.74, 6) is 1.01. The number of nitrogens with zero attached hydrogens (tertiary/aromatic N) is 3. The molecule has 1 aliphatic heterocycles. The zero-order chi connectivity index (χ0) is 22.7. The van der Waals surface area contributed by atoms with Gasteiger partial charge in [0.1, 0.15) is 6.04 Å². The number of rotatable bonds is 3. The zero-order valence-electron chi connectivity index (χ0n) is 19.0. The van der Waals surface area contributed by atoms with E-state index in [0.717, 1.165) is 33.7 Å². The minimum Gasteiger partial charge on any atom is -0.332 e. The standard InChI is InChI=1S/C29H25N3O/c1-18-11-13-21(14-12-18)26-27(28(33)22-8-5-4-6-9-22)31-15-7-10-24(31)29-30-23-16-19(2)20(3)17-25(23)32(26)29/h4-17,26-27H,1-3H3/t26-,27+/m0/s1. The summed E-state index contributed by atoms with van der Waals surface area (Å²) in [4.78, 5) is 19.1. The van der Waals surface area contributed by atoms with Crippen LogP contribution >= 0.6 is 0 Å². The molecule has 0 bridgehead atoms. The number of hydrogen-bond donors (Lipinski definition) is 0. The van der Waals surface area contributed by atoms with E-state index in [9.17, 15) is 4.79 Å². The fourth-order valence-electron chi connectivity index (χ4n) is 5.07. The largest absolute Gasteiger partial charge is 0.332 e. The second-order valence-electron chi connectivity index (χ2n) is 9.06. The van der Waals surface area contributed by atoms with E-state index >= 15 is 0 Å². The molecule has 3 heterocycles. The van der Waals surface area contributed by atoms with Gasteiger partial charge in [0.25, 0.3) is 0 Å². The van der Waals surface area contributed by atoms with Crippen molar-refractivity contribution in [3.05, 3.63) is 113 Å². The summed E-state index contributed by atoms with van der Waals surface area (Å²) in [5.41, 5.74) is 8.47. The molecule has 5 aromatic rings. The van der Waals surface area contributed by atoms with Crippen LogP contribution in [0.4, 0.5) is 0 Å². The van der Waals surface area contributed by atoms with Gasteiger partial charge < -0.3 is 9.13 Å². The zero-order valence-corrected chi connectivity index (χ0v) is 19.0. The molecule has 162 valence electrons. The van der Waals surface area contributed by atoms with E-state index in [1.807, 2.05) is 42.6 Å². The number of imidazole rings is 1. The highest BCUT2D eigenvalue weighted by molar-refractivity contribution is 6.00. The van der Waals surface area contributed by atoms with Crippen LogP contribution in [0.25, 0.3) is 22.6 Å². The minimum atomic E-state index is -0.411. The van der Waals surface area contributed by atoms with Gasteiger partial charge in [0.2, 0.25) is 0 Å². The summed E-state index contributed by atoms with van der Waals surface area (Å²) in [6.45, 7) is 6.34. The SMILES string of the molecule is Cc1ccc([C@H]2[C@H](C(=O)c3ccccc3)n3cccc3-c3nc4cc(C)c(C)cc4n32)cc1. The van der Waals surface area contributed by atoms with Crippen LogP contribution in [-0.4, -0.2) is 19.9 Å². The molecule has 0 saturated carbocycles. The molecular weight excluding hydrogens is 406 g/mol. The maximum atomic E-state index is 14.0. The van der Waals surface area contributed by atoms with E-state index in [1.54, 1.807) is 0 Å². The molecule has 4 nitrogen and oxygen atoms in total. The third-order valence-electron chi connectivity index (χ3n) is 6.94. The molecule has 1 aliphatic rings. The van der Waals surface area contributed by atoms with Crippen LogP contribution < -0.4 is 0 Å². The van der Waals surface area contributed by atoms with Crippen LogP contribution in [0.5, 0.6) is 0 Å². The van der Waals surface area contributed by atoms with Crippen molar-refractivity contribution in [2.24, 2.45) is 0 Å². The Morgan fingerprint density at radius 2 is 1.58 bits per heavy atom. The summed E-state index contributed by atoms with van der Waals surface area (Å²) < 4.78 is 4.40. The Hall–Kier alpha value is -3.92. The lowest BCUT2D eigenvalue weighted by molar-refractivity contribution is 0.0895. The van der Waals surface area contributed by atoms with Crippen LogP contribution in [0.1, 0.15) is 44.7 Å². The van der Waals surface area contributed by atoms with Crippen molar-refractivity contribution in [1.82, 2.24) is 14.1 Å². The highest BCUT2D eigenvalue weighted by Gasteiger charge is 2.40. The molecular formula is C29H25N3O. The van der Waals surface area contributed by atoms with E-state index in [0.29, 0.717) is 0 Å². The first-order chi connectivity index (χ1) is 16.0. The third kappa shape index (κ3) is 2.98. The Balaban J connectivity index is 1.68. The number of fused-ring (bicyclic) bond motifs is 5. The van der Waals surface area contributed by atoms with Gasteiger partial charge in [0.05, 0.1) is 22.8 Å². The molecule has 6 rings (SSSR count). The monoisotopic (exact) mass is 431 g/mol. The summed E-state index contributed by atoms with van der Waals surface area (Å²) in [7, 11) is 0. The van der Waals surface area contributed by atoms with Gasteiger partial charge in [-0.2, -0.15) is 0 Å². The second-order valence-corrected chi connectivity index (χ2v) is 9.06. The Labute approximate surface area is 193 Å². The van der Waals surface area contributed by atoms with Crippen molar-refractivity contribution < 1.29 is 4.79 Å². The normalized spacial score (nSPS) is 17.1. The Morgan fingerprint density at radius 3 is 2.33 bits per heavy atom. The highest BCUT2D eigenvalue weighted by Crippen LogP contribution is 2.45. The number of benzene rings is 3. The average molecular weight is 432 g/mol. The maximum absolute atomic E-state index is 14.0. The molecule has 2 aromatic heterocycles. The first-order valence-corrected chi connectivity index (χ1v) is 11.3. The molecule has 0 amide bonds. The van der Waals surface area contributed by atoms with Crippen molar-refractivity contribution in [2.75, 3.05) is 0 Å². The molecule has 0 saturated heterocycles. The van der Waals surface area contributed by atoms with Crippen molar-refractivity contribution in [2.45, 2.75) is 32.9 Å². The molecule has 33 heavy (non-hydrogen) atoms. The Morgan fingerprint density at radius 1 is 0.848 bits per heavy atom. The van der Waals surface area contributed by atoms with Crippen LogP contribution in [0.15, 0.2) is 85.1 Å². The summed E-state index contributed by atoms with van der Waals surface area (Å²) in [5, 5.41) is 0. The lowest BCUT2D eigenvalue weighted by Gasteiger charge is -2.36. The van der Waals surface area contributed by atoms with Crippen LogP contribution in [0.2, 0.25) is 0 Å². The van der Waals surface area contributed by atoms with E-state index in [-0.39, 0.29) is 11.8 Å². The van der Waals surface area contributed by atoms with Crippen LogP contribution in [0, 0.1) is 20.8 Å². The van der Waals surface area contributed by atoms with Crippen LogP contribution in [0.3, 0.4) is 0 Å². The number of Topliss-reactive ketones (excluding diaryl/α,β-unsaturated/α-hetero) is 1. The molecule has 0 unspecified atom stereocenters. The van der Waals surface area contributed by atoms with Gasteiger partial charge in [-0.15, -0.1) is 0 Å². The molecule has 4 heteroatoms. The van der Waals surface area contributed by atoms with E-state index in [1.165, 1.54) is 16.7 Å². The molecule has 0 spiro atoms. The number of ketones is 1. The molecule has 0 fully saturated rings.